The standard InChI is InChI=1S/C19H23ClO7/c1-8-4-11(26-17(23)18(3,24)6-20)13-9(2)16(22)27-15(13)14-10(8)5-12(21)19(14)7-25-19/h10-15,21,24H,1-2,4-7H2,3H3/t10-,11-,12-,13+,14-,15-,18-,19+/m1/s1. The Morgan fingerprint density at radius 2 is 2.15 bits per heavy atom. The summed E-state index contributed by atoms with van der Waals surface area (Å²) in [7, 11) is 0. The molecule has 2 N–H and O–H groups in total. The molecule has 0 aromatic carbocycles. The van der Waals surface area contributed by atoms with Crippen molar-refractivity contribution in [3.05, 3.63) is 24.3 Å². The molecular formula is C19H23ClO7. The highest BCUT2D eigenvalue weighted by Gasteiger charge is 2.71. The molecule has 1 spiro atoms. The quantitative estimate of drug-likeness (QED) is 0.237. The van der Waals surface area contributed by atoms with E-state index in [1.807, 2.05) is 0 Å². The van der Waals surface area contributed by atoms with Crippen LogP contribution in [0.25, 0.3) is 0 Å². The van der Waals surface area contributed by atoms with E-state index in [1.165, 1.54) is 6.92 Å². The van der Waals surface area contributed by atoms with Gasteiger partial charge in [0.2, 0.25) is 0 Å². The van der Waals surface area contributed by atoms with E-state index in [4.69, 9.17) is 25.8 Å². The first kappa shape index (κ1) is 18.9. The van der Waals surface area contributed by atoms with Crippen molar-refractivity contribution in [3.63, 3.8) is 0 Å². The fourth-order valence-electron chi connectivity index (χ4n) is 4.86. The number of carbonyl (C=O) groups excluding carboxylic acids is 2. The monoisotopic (exact) mass is 398 g/mol. The SMILES string of the molecule is C=C1C(=O)O[C@@H]2[C@@H]1[C@H](OC(=O)[C@](C)(O)CCl)CC(=C)[C@H]1C[C@@H](O)[C@@]3(CO3)[C@@H]21. The van der Waals surface area contributed by atoms with E-state index < -0.39 is 47.4 Å². The Labute approximate surface area is 161 Å². The fourth-order valence-corrected chi connectivity index (χ4v) is 4.96. The van der Waals surface area contributed by atoms with Gasteiger partial charge in [-0.1, -0.05) is 18.7 Å². The second-order valence-corrected chi connectivity index (χ2v) is 8.53. The summed E-state index contributed by atoms with van der Waals surface area (Å²) in [4.78, 5) is 24.7. The molecule has 27 heavy (non-hydrogen) atoms. The lowest BCUT2D eigenvalue weighted by Crippen LogP contribution is -2.45. The van der Waals surface area contributed by atoms with E-state index >= 15 is 0 Å². The number of esters is 2. The Bertz CT molecular complexity index is 726. The molecule has 2 aliphatic heterocycles. The molecule has 2 saturated heterocycles. The number of alkyl halides is 1. The second kappa shape index (κ2) is 6.04. The molecule has 0 amide bonds. The smallest absolute Gasteiger partial charge is 0.339 e. The molecule has 8 atom stereocenters. The second-order valence-electron chi connectivity index (χ2n) is 8.26. The summed E-state index contributed by atoms with van der Waals surface area (Å²) in [5.74, 6) is -2.72. The summed E-state index contributed by atoms with van der Waals surface area (Å²) in [5.41, 5.74) is -1.58. The minimum atomic E-state index is -1.84. The Hall–Kier alpha value is -1.41. The van der Waals surface area contributed by atoms with Gasteiger partial charge in [0.1, 0.15) is 17.8 Å². The maximum Gasteiger partial charge on any atom is 0.339 e. The zero-order valence-electron chi connectivity index (χ0n) is 15.0. The lowest BCUT2D eigenvalue weighted by molar-refractivity contribution is -0.170. The topological polar surface area (TPSA) is 106 Å². The Morgan fingerprint density at radius 1 is 1.48 bits per heavy atom. The average Bonchev–Trinajstić information content (AvgIpc) is 3.29. The van der Waals surface area contributed by atoms with Crippen molar-refractivity contribution >= 4 is 23.5 Å². The third kappa shape index (κ3) is 2.67. The third-order valence-electron chi connectivity index (χ3n) is 6.48. The van der Waals surface area contributed by atoms with Crippen molar-refractivity contribution < 1.29 is 34.0 Å². The number of halogens is 1. The van der Waals surface area contributed by atoms with E-state index in [-0.39, 0.29) is 29.7 Å². The third-order valence-corrected chi connectivity index (χ3v) is 7.00. The number of hydrogen-bond acceptors (Lipinski definition) is 7. The first-order chi connectivity index (χ1) is 12.6. The number of rotatable bonds is 3. The molecule has 4 aliphatic rings. The highest BCUT2D eigenvalue weighted by Crippen LogP contribution is 2.60. The minimum absolute atomic E-state index is 0.120. The first-order valence-corrected chi connectivity index (χ1v) is 9.54. The van der Waals surface area contributed by atoms with E-state index in [9.17, 15) is 19.8 Å². The molecule has 8 heteroatoms. The normalized spacial score (nSPS) is 45.0. The number of aliphatic hydroxyl groups excluding tert-OH is 1. The average molecular weight is 399 g/mol. The molecule has 0 radical (unpaired) electrons. The molecule has 148 valence electrons. The van der Waals surface area contributed by atoms with Crippen LogP contribution >= 0.6 is 11.6 Å². The van der Waals surface area contributed by atoms with Crippen molar-refractivity contribution in [1.82, 2.24) is 0 Å². The Balaban J connectivity index is 1.69. The number of ether oxygens (including phenoxy) is 3. The van der Waals surface area contributed by atoms with Crippen LogP contribution in [0, 0.1) is 17.8 Å². The summed E-state index contributed by atoms with van der Waals surface area (Å²) in [6, 6.07) is 0. The van der Waals surface area contributed by atoms with E-state index in [0.717, 1.165) is 5.57 Å². The first-order valence-electron chi connectivity index (χ1n) is 9.01. The van der Waals surface area contributed by atoms with Crippen LogP contribution in [0.15, 0.2) is 24.3 Å². The van der Waals surface area contributed by atoms with Gasteiger partial charge in [-0.3, -0.25) is 0 Å². The van der Waals surface area contributed by atoms with Gasteiger partial charge >= 0.3 is 11.9 Å². The van der Waals surface area contributed by atoms with E-state index in [2.05, 4.69) is 13.2 Å². The van der Waals surface area contributed by atoms with Crippen LogP contribution < -0.4 is 0 Å². The van der Waals surface area contributed by atoms with Crippen LogP contribution in [-0.4, -0.2) is 64.2 Å². The molecule has 7 nitrogen and oxygen atoms in total. The lowest BCUT2D eigenvalue weighted by atomic mass is 9.78. The summed E-state index contributed by atoms with van der Waals surface area (Å²) in [5, 5.41) is 20.6. The van der Waals surface area contributed by atoms with Gasteiger partial charge in [0.15, 0.2) is 5.60 Å². The van der Waals surface area contributed by atoms with Gasteiger partial charge in [-0.15, -0.1) is 11.6 Å². The van der Waals surface area contributed by atoms with Gasteiger partial charge in [0.25, 0.3) is 0 Å². The highest BCUT2D eigenvalue weighted by atomic mass is 35.5. The van der Waals surface area contributed by atoms with Gasteiger partial charge < -0.3 is 24.4 Å². The minimum Gasteiger partial charge on any atom is -0.459 e. The molecule has 0 aromatic heterocycles. The fraction of sp³-hybridized carbons (Fsp3) is 0.684. The lowest BCUT2D eigenvalue weighted by Gasteiger charge is -2.31. The summed E-state index contributed by atoms with van der Waals surface area (Å²) >= 11 is 5.66. The molecule has 2 saturated carbocycles. The van der Waals surface area contributed by atoms with Gasteiger partial charge in [-0.05, 0) is 19.3 Å². The van der Waals surface area contributed by atoms with Gasteiger partial charge in [-0.25, -0.2) is 9.59 Å². The zero-order chi connectivity index (χ0) is 19.7. The molecule has 4 fully saturated rings. The molecular weight excluding hydrogens is 376 g/mol. The maximum absolute atomic E-state index is 12.4. The predicted octanol–water partition coefficient (Wildman–Crippen LogP) is 0.712. The molecule has 0 bridgehead atoms. The Morgan fingerprint density at radius 3 is 2.74 bits per heavy atom. The Kier molecular flexibility index (Phi) is 4.24. The van der Waals surface area contributed by atoms with Crippen molar-refractivity contribution in [2.75, 3.05) is 12.5 Å². The number of carbonyl (C=O) groups is 2. The molecule has 0 aromatic rings. The van der Waals surface area contributed by atoms with Crippen molar-refractivity contribution in [2.45, 2.75) is 49.3 Å². The highest BCUT2D eigenvalue weighted by molar-refractivity contribution is 6.20. The van der Waals surface area contributed by atoms with Crippen LogP contribution in [0.4, 0.5) is 0 Å². The molecule has 2 heterocycles. The van der Waals surface area contributed by atoms with Crippen molar-refractivity contribution in [2.24, 2.45) is 17.8 Å². The van der Waals surface area contributed by atoms with Gasteiger partial charge in [-0.2, -0.15) is 0 Å². The van der Waals surface area contributed by atoms with Crippen LogP contribution in [0.3, 0.4) is 0 Å². The number of hydrogen-bond donors (Lipinski definition) is 2. The van der Waals surface area contributed by atoms with Gasteiger partial charge in [0, 0.05) is 17.9 Å². The predicted molar refractivity (Wildman–Crippen MR) is 93.8 cm³/mol. The van der Waals surface area contributed by atoms with Crippen LogP contribution in [0.5, 0.6) is 0 Å². The molecule has 0 unspecified atom stereocenters. The number of epoxide rings is 1. The van der Waals surface area contributed by atoms with Crippen LogP contribution in [0.2, 0.25) is 0 Å². The van der Waals surface area contributed by atoms with E-state index in [0.29, 0.717) is 13.0 Å². The summed E-state index contributed by atoms with van der Waals surface area (Å²) in [6.07, 6.45) is -1.31. The molecule has 2 aliphatic carbocycles. The summed E-state index contributed by atoms with van der Waals surface area (Å²) < 4.78 is 16.8. The van der Waals surface area contributed by atoms with Crippen molar-refractivity contribution in [1.29, 1.82) is 0 Å². The molecule has 4 rings (SSSR count). The van der Waals surface area contributed by atoms with E-state index in [1.54, 1.807) is 0 Å². The van der Waals surface area contributed by atoms with Crippen LogP contribution in [0.1, 0.15) is 19.8 Å². The van der Waals surface area contributed by atoms with Crippen molar-refractivity contribution in [3.8, 4) is 0 Å². The number of aliphatic hydroxyl groups is 2. The maximum atomic E-state index is 12.4. The van der Waals surface area contributed by atoms with Gasteiger partial charge in [0.05, 0.1) is 24.5 Å². The summed E-state index contributed by atoms with van der Waals surface area (Å²) in [6.45, 7) is 9.64. The largest absolute Gasteiger partial charge is 0.459 e. The number of fused-ring (bicyclic) bond motifs is 4. The zero-order valence-corrected chi connectivity index (χ0v) is 15.8. The van der Waals surface area contributed by atoms with Crippen LogP contribution in [-0.2, 0) is 23.8 Å².